The number of rotatable bonds is 4. The Bertz CT molecular complexity index is 301. The normalized spacial score (nSPS) is 18.9. The van der Waals surface area contributed by atoms with E-state index in [1.54, 1.807) is 0 Å². The van der Waals surface area contributed by atoms with E-state index < -0.39 is 0 Å². The number of allylic oxidation sites excluding steroid dienone is 10. The van der Waals surface area contributed by atoms with Crippen molar-refractivity contribution in [3.63, 3.8) is 0 Å². The molecule has 0 bridgehead atoms. The average molecular weight is 214 g/mol. The van der Waals surface area contributed by atoms with Gasteiger partial charge >= 0.3 is 0 Å². The van der Waals surface area contributed by atoms with Crippen molar-refractivity contribution in [2.24, 2.45) is 0 Å². The zero-order valence-corrected chi connectivity index (χ0v) is 10.4. The molecule has 0 atom stereocenters. The van der Waals surface area contributed by atoms with Gasteiger partial charge in [0, 0.05) is 0 Å². The molecule has 0 saturated carbocycles. The second-order valence-electron chi connectivity index (χ2n) is 4.03. The first-order valence-electron chi connectivity index (χ1n) is 6.19. The van der Waals surface area contributed by atoms with Crippen molar-refractivity contribution in [2.75, 3.05) is 0 Å². The molecule has 0 aromatic carbocycles. The highest BCUT2D eigenvalue weighted by Gasteiger charge is 2.07. The third-order valence-electron chi connectivity index (χ3n) is 2.76. The van der Waals surface area contributed by atoms with Gasteiger partial charge in [0.05, 0.1) is 0 Å². The molecular weight excluding hydrogens is 192 g/mol. The number of hydrogen-bond acceptors (Lipinski definition) is 0. The van der Waals surface area contributed by atoms with Crippen LogP contribution in [0.1, 0.15) is 39.5 Å². The molecular formula is C16H22. The maximum atomic E-state index is 2.26. The Morgan fingerprint density at radius 2 is 1.12 bits per heavy atom. The molecule has 0 saturated heterocycles. The fourth-order valence-corrected chi connectivity index (χ4v) is 1.90. The minimum Gasteiger partial charge on any atom is -0.0877 e. The molecule has 16 heavy (non-hydrogen) atoms. The average Bonchev–Trinajstić information content (AvgIpc) is 2.32. The fraction of sp³-hybridized carbons (Fsp3) is 0.375. The van der Waals surface area contributed by atoms with Gasteiger partial charge in [-0.05, 0) is 50.7 Å². The molecule has 1 aliphatic carbocycles. The van der Waals surface area contributed by atoms with Crippen LogP contribution in [0.3, 0.4) is 0 Å². The maximum absolute atomic E-state index is 2.26. The largest absolute Gasteiger partial charge is 0.0877 e. The van der Waals surface area contributed by atoms with E-state index in [-0.39, 0.29) is 0 Å². The zero-order chi connectivity index (χ0) is 11.6. The highest BCUT2D eigenvalue weighted by Crippen LogP contribution is 2.26. The summed E-state index contributed by atoms with van der Waals surface area (Å²) in [6.45, 7) is 4.10. The van der Waals surface area contributed by atoms with Gasteiger partial charge in [0.15, 0.2) is 0 Å². The van der Waals surface area contributed by atoms with Gasteiger partial charge in [0.2, 0.25) is 0 Å². The molecule has 0 heterocycles. The molecule has 0 nitrogen and oxygen atoms in total. The Morgan fingerprint density at radius 3 is 1.50 bits per heavy atom. The van der Waals surface area contributed by atoms with Gasteiger partial charge in [-0.1, -0.05) is 48.6 Å². The maximum Gasteiger partial charge on any atom is -0.0276 e. The van der Waals surface area contributed by atoms with E-state index in [1.165, 1.54) is 36.8 Å². The van der Waals surface area contributed by atoms with E-state index >= 15 is 0 Å². The molecule has 86 valence electrons. The van der Waals surface area contributed by atoms with Crippen molar-refractivity contribution < 1.29 is 0 Å². The van der Waals surface area contributed by atoms with Crippen molar-refractivity contribution in [3.8, 4) is 0 Å². The van der Waals surface area contributed by atoms with Crippen LogP contribution in [0, 0.1) is 0 Å². The van der Waals surface area contributed by atoms with E-state index in [0.29, 0.717) is 0 Å². The van der Waals surface area contributed by atoms with Crippen LogP contribution in [0.2, 0.25) is 0 Å². The van der Waals surface area contributed by atoms with Crippen molar-refractivity contribution in [1.29, 1.82) is 0 Å². The van der Waals surface area contributed by atoms with E-state index in [0.717, 1.165) is 0 Å². The molecule has 0 amide bonds. The van der Waals surface area contributed by atoms with Crippen LogP contribution < -0.4 is 0 Å². The first-order valence-corrected chi connectivity index (χ1v) is 6.19. The van der Waals surface area contributed by atoms with Crippen molar-refractivity contribution in [1.82, 2.24) is 0 Å². The Kier molecular flexibility index (Phi) is 6.32. The van der Waals surface area contributed by atoms with Gasteiger partial charge in [-0.3, -0.25) is 0 Å². The summed E-state index contributed by atoms with van der Waals surface area (Å²) in [6, 6.07) is 0. The monoisotopic (exact) mass is 214 g/mol. The van der Waals surface area contributed by atoms with E-state index in [9.17, 15) is 0 Å². The second-order valence-corrected chi connectivity index (χ2v) is 4.03. The highest BCUT2D eigenvalue weighted by atomic mass is 14.1. The third kappa shape index (κ3) is 4.48. The summed E-state index contributed by atoms with van der Waals surface area (Å²) >= 11 is 0. The summed E-state index contributed by atoms with van der Waals surface area (Å²) < 4.78 is 0. The summed E-state index contributed by atoms with van der Waals surface area (Å²) in [5.74, 6) is 0. The van der Waals surface area contributed by atoms with Gasteiger partial charge in [-0.2, -0.15) is 0 Å². The molecule has 0 aromatic rings. The zero-order valence-electron chi connectivity index (χ0n) is 10.4. The van der Waals surface area contributed by atoms with Crippen LogP contribution in [0.4, 0.5) is 0 Å². The Balaban J connectivity index is 2.78. The highest BCUT2D eigenvalue weighted by molar-refractivity contribution is 5.36. The van der Waals surface area contributed by atoms with E-state index in [4.69, 9.17) is 0 Å². The van der Waals surface area contributed by atoms with Gasteiger partial charge in [0.25, 0.3) is 0 Å². The second kappa shape index (κ2) is 7.92. The number of hydrogen-bond donors (Lipinski definition) is 0. The van der Waals surface area contributed by atoms with Crippen LogP contribution in [0.15, 0.2) is 59.8 Å². The molecule has 1 rings (SSSR count). The SMILES string of the molecule is C/C=C/C=C/C1=C(/C=C/C=C/C)CCCC1. The van der Waals surface area contributed by atoms with Crippen molar-refractivity contribution in [2.45, 2.75) is 39.5 Å². The molecule has 0 aromatic heterocycles. The Morgan fingerprint density at radius 1 is 0.688 bits per heavy atom. The first kappa shape index (κ1) is 12.8. The van der Waals surface area contributed by atoms with Gasteiger partial charge in [-0.15, -0.1) is 0 Å². The van der Waals surface area contributed by atoms with Gasteiger partial charge in [-0.25, -0.2) is 0 Å². The predicted octanol–water partition coefficient (Wildman–Crippen LogP) is 5.12. The molecule has 0 fully saturated rings. The molecule has 0 spiro atoms. The Hall–Kier alpha value is -1.30. The summed E-state index contributed by atoms with van der Waals surface area (Å²) in [7, 11) is 0. The van der Waals surface area contributed by atoms with Crippen molar-refractivity contribution >= 4 is 0 Å². The quantitative estimate of drug-likeness (QED) is 0.570. The lowest BCUT2D eigenvalue weighted by Gasteiger charge is -2.15. The molecule has 0 radical (unpaired) electrons. The summed E-state index contributed by atoms with van der Waals surface area (Å²) in [5.41, 5.74) is 3.01. The molecule has 1 aliphatic rings. The van der Waals surface area contributed by atoms with Crippen molar-refractivity contribution in [3.05, 3.63) is 59.8 Å². The first-order chi connectivity index (χ1) is 7.88. The fourth-order valence-electron chi connectivity index (χ4n) is 1.90. The topological polar surface area (TPSA) is 0 Å². The minimum atomic E-state index is 1.23. The van der Waals surface area contributed by atoms with Crippen LogP contribution in [0.5, 0.6) is 0 Å². The van der Waals surface area contributed by atoms with Gasteiger partial charge < -0.3 is 0 Å². The smallest absolute Gasteiger partial charge is 0.0276 e. The predicted molar refractivity (Wildman–Crippen MR) is 73.4 cm³/mol. The third-order valence-corrected chi connectivity index (χ3v) is 2.76. The van der Waals surface area contributed by atoms with Gasteiger partial charge in [0.1, 0.15) is 0 Å². The Labute approximate surface area is 99.8 Å². The molecule has 0 aliphatic heterocycles. The summed E-state index contributed by atoms with van der Waals surface area (Å²) in [4.78, 5) is 0. The summed E-state index contributed by atoms with van der Waals surface area (Å²) in [5, 5.41) is 0. The lowest BCUT2D eigenvalue weighted by Crippen LogP contribution is -1.95. The summed E-state index contributed by atoms with van der Waals surface area (Å²) in [6.07, 6.45) is 22.2. The van der Waals surface area contributed by atoms with E-state index in [1.807, 2.05) is 13.8 Å². The van der Waals surface area contributed by atoms with Crippen LogP contribution >= 0.6 is 0 Å². The van der Waals surface area contributed by atoms with Crippen LogP contribution in [-0.2, 0) is 0 Å². The van der Waals surface area contributed by atoms with Crippen LogP contribution in [-0.4, -0.2) is 0 Å². The molecule has 0 heteroatoms. The molecule has 0 unspecified atom stereocenters. The molecule has 0 N–H and O–H groups in total. The minimum absolute atomic E-state index is 1.23. The van der Waals surface area contributed by atoms with E-state index in [2.05, 4.69) is 48.6 Å². The lowest BCUT2D eigenvalue weighted by molar-refractivity contribution is 0.693. The van der Waals surface area contributed by atoms with Crippen LogP contribution in [0.25, 0.3) is 0 Å². The standard InChI is InChI=1S/C16H22/c1-3-5-7-11-15-13-9-10-14-16(15)12-8-6-4-2/h3-8,11-12H,9-10,13-14H2,1-2H3/b5-3+,6-4+,11-7+,12-8+. The lowest BCUT2D eigenvalue weighted by atomic mass is 9.91.